The van der Waals surface area contributed by atoms with E-state index in [1.165, 1.54) is 5.56 Å². The summed E-state index contributed by atoms with van der Waals surface area (Å²) in [5, 5.41) is 8.80. The van der Waals surface area contributed by atoms with Crippen LogP contribution in [0.2, 0.25) is 0 Å². The van der Waals surface area contributed by atoms with Crippen LogP contribution in [0.15, 0.2) is 72.8 Å². The molecule has 3 amide bonds. The van der Waals surface area contributed by atoms with Gasteiger partial charge in [-0.15, -0.1) is 0 Å². The van der Waals surface area contributed by atoms with Crippen molar-refractivity contribution in [1.29, 1.82) is 0 Å². The van der Waals surface area contributed by atoms with Crippen molar-refractivity contribution in [2.45, 2.75) is 52.5 Å². The Labute approximate surface area is 220 Å². The van der Waals surface area contributed by atoms with E-state index in [0.29, 0.717) is 17.2 Å². The molecule has 1 saturated heterocycles. The van der Waals surface area contributed by atoms with Crippen LogP contribution < -0.4 is 20.9 Å². The molecule has 0 atom stereocenters. The summed E-state index contributed by atoms with van der Waals surface area (Å²) in [6, 6.07) is 23.7. The lowest BCUT2D eigenvalue weighted by Crippen LogP contribution is -2.37. The van der Waals surface area contributed by atoms with Gasteiger partial charge in [-0.25, -0.2) is 4.79 Å². The van der Waals surface area contributed by atoms with Gasteiger partial charge >= 0.3 is 6.03 Å². The van der Waals surface area contributed by atoms with Crippen LogP contribution in [-0.4, -0.2) is 31.1 Å². The maximum absolute atomic E-state index is 13.2. The minimum Gasteiger partial charge on any atom is -0.371 e. The third-order valence-electron chi connectivity index (χ3n) is 6.83. The lowest BCUT2D eigenvalue weighted by Gasteiger charge is -2.35. The second-order valence-electron chi connectivity index (χ2n) is 10.1. The molecule has 37 heavy (non-hydrogen) atoms. The predicted molar refractivity (Wildman–Crippen MR) is 153 cm³/mol. The number of hydrogen-bond donors (Lipinski definition) is 3. The van der Waals surface area contributed by atoms with Crippen LogP contribution in [0.25, 0.3) is 0 Å². The largest absolute Gasteiger partial charge is 0.371 e. The van der Waals surface area contributed by atoms with Crippen molar-refractivity contribution < 1.29 is 9.59 Å². The van der Waals surface area contributed by atoms with E-state index < -0.39 is 0 Å². The molecule has 4 rings (SSSR count). The smallest absolute Gasteiger partial charge is 0.323 e. The molecule has 1 fully saturated rings. The van der Waals surface area contributed by atoms with Gasteiger partial charge in [0.2, 0.25) is 0 Å². The molecule has 0 radical (unpaired) electrons. The monoisotopic (exact) mass is 498 g/mol. The van der Waals surface area contributed by atoms with Gasteiger partial charge in [0, 0.05) is 36.2 Å². The van der Waals surface area contributed by atoms with Gasteiger partial charge in [0.1, 0.15) is 0 Å². The van der Waals surface area contributed by atoms with Gasteiger partial charge in [0.15, 0.2) is 0 Å². The highest BCUT2D eigenvalue weighted by atomic mass is 16.2. The van der Waals surface area contributed by atoms with Crippen molar-refractivity contribution in [2.75, 3.05) is 28.6 Å². The Morgan fingerprint density at radius 1 is 0.865 bits per heavy atom. The van der Waals surface area contributed by atoms with Crippen LogP contribution in [0.3, 0.4) is 0 Å². The summed E-state index contributed by atoms with van der Waals surface area (Å²) in [7, 11) is 0. The maximum Gasteiger partial charge on any atom is 0.323 e. The van der Waals surface area contributed by atoms with Gasteiger partial charge in [-0.2, -0.15) is 0 Å². The molecule has 0 aliphatic carbocycles. The third-order valence-corrected chi connectivity index (χ3v) is 6.83. The summed E-state index contributed by atoms with van der Waals surface area (Å²) in [6.07, 6.45) is 4.16. The lowest BCUT2D eigenvalue weighted by atomic mass is 9.89. The van der Waals surface area contributed by atoms with Crippen LogP contribution in [0.4, 0.5) is 21.9 Å². The van der Waals surface area contributed by atoms with Crippen LogP contribution in [-0.2, 0) is 12.8 Å². The molecule has 1 aliphatic heterocycles. The molecule has 6 nitrogen and oxygen atoms in total. The van der Waals surface area contributed by atoms with E-state index in [1.54, 1.807) is 6.07 Å². The minimum atomic E-state index is -0.335. The standard InChI is InChI=1S/C31H38N4O2/c1-4-23-11-8-12-26(20-23)33-31(37)34-27-13-14-29(28(21-27)30(36)32-22(2)3)35-17-15-25(16-18-35)19-24-9-6-5-7-10-24/h5-14,20-22,25H,4,15-19H2,1-3H3,(H,32,36)(H2,33,34,37). The SMILES string of the molecule is CCc1cccc(NC(=O)Nc2ccc(N3CCC(Cc4ccccc4)CC3)c(C(=O)NC(C)C)c2)c1. The van der Waals surface area contributed by atoms with Gasteiger partial charge in [-0.1, -0.05) is 49.4 Å². The quantitative estimate of drug-likeness (QED) is 0.332. The Morgan fingerprint density at radius 2 is 1.54 bits per heavy atom. The summed E-state index contributed by atoms with van der Waals surface area (Å²) < 4.78 is 0. The molecule has 0 bridgehead atoms. The van der Waals surface area contributed by atoms with Gasteiger partial charge in [0.25, 0.3) is 5.91 Å². The lowest BCUT2D eigenvalue weighted by molar-refractivity contribution is 0.0943. The maximum atomic E-state index is 13.2. The molecule has 194 valence electrons. The van der Waals surface area contributed by atoms with Gasteiger partial charge in [0.05, 0.1) is 5.56 Å². The summed E-state index contributed by atoms with van der Waals surface area (Å²) >= 11 is 0. The highest BCUT2D eigenvalue weighted by molar-refractivity contribution is 6.04. The Balaban J connectivity index is 1.46. The number of amides is 3. The first-order chi connectivity index (χ1) is 17.9. The van der Waals surface area contributed by atoms with E-state index in [4.69, 9.17) is 0 Å². The number of hydrogen-bond acceptors (Lipinski definition) is 3. The number of urea groups is 1. The van der Waals surface area contributed by atoms with E-state index >= 15 is 0 Å². The predicted octanol–water partition coefficient (Wildman–Crippen LogP) is 6.49. The molecule has 0 unspecified atom stereocenters. The summed E-state index contributed by atoms with van der Waals surface area (Å²) in [6.45, 7) is 7.79. The number of benzene rings is 3. The van der Waals surface area contributed by atoms with Crippen LogP contribution >= 0.6 is 0 Å². The average molecular weight is 499 g/mol. The topological polar surface area (TPSA) is 73.5 Å². The molecule has 0 spiro atoms. The number of aryl methyl sites for hydroxylation is 1. The van der Waals surface area contributed by atoms with Crippen molar-refractivity contribution >= 4 is 29.0 Å². The molecular formula is C31H38N4O2. The number of nitrogens with zero attached hydrogens (tertiary/aromatic N) is 1. The van der Waals surface area contributed by atoms with Crippen LogP contribution in [0, 0.1) is 5.92 Å². The van der Waals surface area contributed by atoms with Crippen LogP contribution in [0.5, 0.6) is 0 Å². The van der Waals surface area contributed by atoms with Gasteiger partial charge in [-0.05, 0) is 86.9 Å². The second kappa shape index (κ2) is 12.4. The molecule has 0 aromatic heterocycles. The molecule has 1 aliphatic rings. The molecule has 0 saturated carbocycles. The van der Waals surface area contributed by atoms with Crippen LogP contribution in [0.1, 0.15) is 55.1 Å². The van der Waals surface area contributed by atoms with Crippen molar-refractivity contribution in [1.82, 2.24) is 5.32 Å². The zero-order valence-corrected chi connectivity index (χ0v) is 22.1. The Morgan fingerprint density at radius 3 is 2.22 bits per heavy atom. The fourth-order valence-electron chi connectivity index (χ4n) is 4.90. The number of carbonyl (C=O) groups is 2. The van der Waals surface area contributed by atoms with E-state index in [-0.39, 0.29) is 18.0 Å². The molecule has 3 aromatic rings. The Bertz CT molecular complexity index is 1200. The number of nitrogens with one attached hydrogen (secondary N) is 3. The van der Waals surface area contributed by atoms with E-state index in [1.807, 2.05) is 50.2 Å². The molecule has 3 N–H and O–H groups in total. The van der Waals surface area contributed by atoms with Gasteiger partial charge in [-0.3, -0.25) is 4.79 Å². The number of rotatable bonds is 8. The fraction of sp³-hybridized carbons (Fsp3) is 0.355. The zero-order valence-electron chi connectivity index (χ0n) is 22.1. The zero-order chi connectivity index (χ0) is 26.2. The van der Waals surface area contributed by atoms with E-state index in [2.05, 4.69) is 58.1 Å². The second-order valence-corrected chi connectivity index (χ2v) is 10.1. The van der Waals surface area contributed by atoms with Crippen molar-refractivity contribution in [3.05, 3.63) is 89.5 Å². The van der Waals surface area contributed by atoms with Crippen molar-refractivity contribution in [2.24, 2.45) is 5.92 Å². The first-order valence-electron chi connectivity index (χ1n) is 13.3. The highest BCUT2D eigenvalue weighted by Gasteiger charge is 2.24. The number of carbonyl (C=O) groups excluding carboxylic acids is 2. The number of piperidine rings is 1. The fourth-order valence-corrected chi connectivity index (χ4v) is 4.90. The molecule has 1 heterocycles. The number of anilines is 3. The summed E-state index contributed by atoms with van der Waals surface area (Å²) in [4.78, 5) is 28.1. The normalized spacial score (nSPS) is 13.9. The Hall–Kier alpha value is -3.80. The summed E-state index contributed by atoms with van der Waals surface area (Å²) in [5.74, 6) is 0.513. The average Bonchev–Trinajstić information content (AvgIpc) is 2.89. The van der Waals surface area contributed by atoms with E-state index in [9.17, 15) is 9.59 Å². The third kappa shape index (κ3) is 7.35. The first kappa shape index (κ1) is 26.3. The highest BCUT2D eigenvalue weighted by Crippen LogP contribution is 2.30. The summed E-state index contributed by atoms with van der Waals surface area (Å²) in [5.41, 5.74) is 5.36. The molecule has 3 aromatic carbocycles. The van der Waals surface area contributed by atoms with Crippen molar-refractivity contribution in [3.63, 3.8) is 0 Å². The van der Waals surface area contributed by atoms with Crippen molar-refractivity contribution in [3.8, 4) is 0 Å². The van der Waals surface area contributed by atoms with Gasteiger partial charge < -0.3 is 20.9 Å². The minimum absolute atomic E-state index is 0.0164. The Kier molecular flexibility index (Phi) is 8.83. The molecular weight excluding hydrogens is 460 g/mol. The molecule has 6 heteroatoms. The van der Waals surface area contributed by atoms with E-state index in [0.717, 1.165) is 55.7 Å². The first-order valence-corrected chi connectivity index (χ1v) is 13.3.